The standard InChI is InChI=1S/C19H16F2N2O6/c1-3-27-18(26)14-10(2)28-16-15(14)17(25)23(9-22-16)8-13(24)11-4-6-12(7-5-11)29-19(20)21/h4-7,9,19H,3,8H2,1-2H3. The molecule has 2 aromatic heterocycles. The summed E-state index contributed by atoms with van der Waals surface area (Å²) in [5, 5.41) is -0.0723. The van der Waals surface area contributed by atoms with Crippen LogP contribution in [-0.2, 0) is 11.3 Å². The highest BCUT2D eigenvalue weighted by atomic mass is 19.3. The number of ether oxygens (including phenoxy) is 2. The van der Waals surface area contributed by atoms with Gasteiger partial charge in [-0.15, -0.1) is 0 Å². The summed E-state index contributed by atoms with van der Waals surface area (Å²) < 4.78 is 40.0. The third-order valence-corrected chi connectivity index (χ3v) is 4.05. The Kier molecular flexibility index (Phi) is 5.71. The number of Topliss-reactive ketones (excluding diaryl/α,β-unsaturated/α-hetero) is 1. The van der Waals surface area contributed by atoms with Crippen molar-refractivity contribution < 1.29 is 32.3 Å². The highest BCUT2D eigenvalue weighted by Gasteiger charge is 2.24. The zero-order valence-electron chi connectivity index (χ0n) is 15.5. The van der Waals surface area contributed by atoms with Gasteiger partial charge in [0.15, 0.2) is 5.78 Å². The van der Waals surface area contributed by atoms with E-state index in [4.69, 9.17) is 9.15 Å². The number of nitrogens with zero attached hydrogens (tertiary/aromatic N) is 2. The van der Waals surface area contributed by atoms with Gasteiger partial charge in [-0.1, -0.05) is 0 Å². The number of esters is 1. The van der Waals surface area contributed by atoms with Gasteiger partial charge in [0, 0.05) is 5.56 Å². The number of carbonyl (C=O) groups excluding carboxylic acids is 2. The number of fused-ring (bicyclic) bond motifs is 1. The van der Waals surface area contributed by atoms with Crippen LogP contribution in [0.5, 0.6) is 5.75 Å². The Morgan fingerprint density at radius 2 is 1.93 bits per heavy atom. The zero-order chi connectivity index (χ0) is 21.1. The number of rotatable bonds is 7. The highest BCUT2D eigenvalue weighted by molar-refractivity contribution is 6.03. The molecule has 1 aromatic carbocycles. The summed E-state index contributed by atoms with van der Waals surface area (Å²) in [5.74, 6) is -1.09. The molecule has 0 spiro atoms. The predicted octanol–water partition coefficient (Wildman–Crippen LogP) is 2.96. The number of aromatic nitrogens is 2. The molecule has 152 valence electrons. The lowest BCUT2D eigenvalue weighted by Crippen LogP contribution is -2.25. The van der Waals surface area contributed by atoms with Gasteiger partial charge in [-0.25, -0.2) is 9.78 Å². The Bertz CT molecular complexity index is 1120. The van der Waals surface area contributed by atoms with Gasteiger partial charge in [-0.2, -0.15) is 8.78 Å². The first-order valence-electron chi connectivity index (χ1n) is 8.55. The largest absolute Gasteiger partial charge is 0.462 e. The summed E-state index contributed by atoms with van der Waals surface area (Å²) in [5.41, 5.74) is -0.518. The second kappa shape index (κ2) is 8.21. The van der Waals surface area contributed by atoms with Gasteiger partial charge in [0.2, 0.25) is 5.71 Å². The molecule has 0 saturated carbocycles. The SMILES string of the molecule is CCOC(=O)c1c(C)oc2ncn(CC(=O)c3ccc(OC(F)F)cc3)c(=O)c12. The normalized spacial score (nSPS) is 11.1. The maximum absolute atomic E-state index is 12.8. The van der Waals surface area contributed by atoms with Crippen LogP contribution in [0.1, 0.15) is 33.4 Å². The predicted molar refractivity (Wildman–Crippen MR) is 96.4 cm³/mol. The van der Waals surface area contributed by atoms with Crippen LogP contribution in [0.25, 0.3) is 11.1 Å². The molecule has 3 aromatic rings. The summed E-state index contributed by atoms with van der Waals surface area (Å²) in [4.78, 5) is 41.4. The van der Waals surface area contributed by atoms with Gasteiger partial charge >= 0.3 is 12.6 Å². The minimum atomic E-state index is -2.97. The Hall–Kier alpha value is -3.56. The van der Waals surface area contributed by atoms with Crippen molar-refractivity contribution in [1.29, 1.82) is 0 Å². The van der Waals surface area contributed by atoms with Gasteiger partial charge in [-0.05, 0) is 38.1 Å². The molecule has 0 atom stereocenters. The van der Waals surface area contributed by atoms with Crippen LogP contribution in [0.4, 0.5) is 8.78 Å². The molecule has 0 aliphatic carbocycles. The van der Waals surface area contributed by atoms with Crippen molar-refractivity contribution in [2.75, 3.05) is 6.61 Å². The van der Waals surface area contributed by atoms with E-state index in [2.05, 4.69) is 9.72 Å². The average Bonchev–Trinajstić information content (AvgIpc) is 3.01. The fourth-order valence-corrected chi connectivity index (χ4v) is 2.77. The van der Waals surface area contributed by atoms with E-state index in [-0.39, 0.29) is 46.9 Å². The van der Waals surface area contributed by atoms with Crippen molar-refractivity contribution in [3.05, 3.63) is 57.8 Å². The van der Waals surface area contributed by atoms with Crippen LogP contribution in [-0.4, -0.2) is 34.5 Å². The lowest BCUT2D eigenvalue weighted by Gasteiger charge is -2.07. The Morgan fingerprint density at radius 3 is 2.55 bits per heavy atom. The number of furan rings is 1. The number of ketones is 1. The maximum atomic E-state index is 12.8. The number of carbonyl (C=O) groups is 2. The van der Waals surface area contributed by atoms with Crippen molar-refractivity contribution in [1.82, 2.24) is 9.55 Å². The summed E-state index contributed by atoms with van der Waals surface area (Å²) in [6, 6.07) is 5.07. The van der Waals surface area contributed by atoms with Crippen molar-refractivity contribution in [2.45, 2.75) is 27.0 Å². The summed E-state index contributed by atoms with van der Waals surface area (Å²) in [6.45, 7) is -0.0966. The molecule has 0 saturated heterocycles. The van der Waals surface area contributed by atoms with E-state index in [1.807, 2.05) is 0 Å². The molecular formula is C19H16F2N2O6. The molecule has 0 bridgehead atoms. The fourth-order valence-electron chi connectivity index (χ4n) is 2.77. The lowest BCUT2D eigenvalue weighted by molar-refractivity contribution is -0.0498. The number of hydrogen-bond donors (Lipinski definition) is 0. The molecule has 2 heterocycles. The molecule has 0 radical (unpaired) electrons. The van der Waals surface area contributed by atoms with E-state index in [1.54, 1.807) is 6.92 Å². The van der Waals surface area contributed by atoms with E-state index in [0.717, 1.165) is 10.9 Å². The molecule has 3 rings (SSSR count). The summed E-state index contributed by atoms with van der Waals surface area (Å²) in [7, 11) is 0. The van der Waals surface area contributed by atoms with Crippen molar-refractivity contribution >= 4 is 22.9 Å². The molecule has 8 nitrogen and oxygen atoms in total. The Balaban J connectivity index is 1.91. The third-order valence-electron chi connectivity index (χ3n) is 4.05. The number of hydrogen-bond acceptors (Lipinski definition) is 7. The number of halogens is 2. The number of benzene rings is 1. The first-order valence-corrected chi connectivity index (χ1v) is 8.55. The molecule has 0 fully saturated rings. The van der Waals surface area contributed by atoms with E-state index in [0.29, 0.717) is 0 Å². The third kappa shape index (κ3) is 4.15. The van der Waals surface area contributed by atoms with Crippen molar-refractivity contribution in [3.63, 3.8) is 0 Å². The smallest absolute Gasteiger partial charge is 0.387 e. The molecule has 0 unspecified atom stereocenters. The fraction of sp³-hybridized carbons (Fsp3) is 0.263. The van der Waals surface area contributed by atoms with Crippen LogP contribution in [0, 0.1) is 6.92 Å². The first-order chi connectivity index (χ1) is 13.8. The molecule has 29 heavy (non-hydrogen) atoms. The highest BCUT2D eigenvalue weighted by Crippen LogP contribution is 2.22. The minimum Gasteiger partial charge on any atom is -0.462 e. The Labute approximate surface area is 162 Å². The zero-order valence-corrected chi connectivity index (χ0v) is 15.5. The van der Waals surface area contributed by atoms with Crippen molar-refractivity contribution in [2.24, 2.45) is 0 Å². The maximum Gasteiger partial charge on any atom is 0.387 e. The second-order valence-electron chi connectivity index (χ2n) is 5.94. The monoisotopic (exact) mass is 406 g/mol. The van der Waals surface area contributed by atoms with Crippen LogP contribution in [0.3, 0.4) is 0 Å². The molecule has 0 N–H and O–H groups in total. The molecule has 0 aliphatic heterocycles. The van der Waals surface area contributed by atoms with E-state index in [1.165, 1.54) is 31.2 Å². The van der Waals surface area contributed by atoms with E-state index >= 15 is 0 Å². The van der Waals surface area contributed by atoms with Gasteiger partial charge < -0.3 is 13.9 Å². The summed E-state index contributed by atoms with van der Waals surface area (Å²) >= 11 is 0. The van der Waals surface area contributed by atoms with Crippen LogP contribution in [0.2, 0.25) is 0 Å². The minimum absolute atomic E-state index is 0.0327. The van der Waals surface area contributed by atoms with E-state index < -0.39 is 23.9 Å². The number of alkyl halides is 2. The second-order valence-corrected chi connectivity index (χ2v) is 5.94. The topological polar surface area (TPSA) is 101 Å². The molecule has 10 heteroatoms. The first kappa shape index (κ1) is 20.2. The number of aryl methyl sites for hydroxylation is 1. The van der Waals surface area contributed by atoms with Gasteiger partial charge in [0.1, 0.15) is 28.8 Å². The van der Waals surface area contributed by atoms with Crippen LogP contribution < -0.4 is 10.3 Å². The van der Waals surface area contributed by atoms with Gasteiger partial charge in [0.25, 0.3) is 5.56 Å². The van der Waals surface area contributed by atoms with Crippen LogP contribution in [0.15, 0.2) is 39.8 Å². The molecular weight excluding hydrogens is 390 g/mol. The summed E-state index contributed by atoms with van der Waals surface area (Å²) in [6.07, 6.45) is 1.13. The Morgan fingerprint density at radius 1 is 1.24 bits per heavy atom. The lowest BCUT2D eigenvalue weighted by atomic mass is 10.1. The quantitative estimate of drug-likeness (QED) is 0.439. The van der Waals surface area contributed by atoms with Crippen LogP contribution >= 0.6 is 0 Å². The average molecular weight is 406 g/mol. The van der Waals surface area contributed by atoms with Gasteiger partial charge in [-0.3, -0.25) is 14.2 Å². The molecule has 0 amide bonds. The van der Waals surface area contributed by atoms with E-state index in [9.17, 15) is 23.2 Å². The molecule has 0 aliphatic rings. The van der Waals surface area contributed by atoms with Crippen molar-refractivity contribution in [3.8, 4) is 5.75 Å². The van der Waals surface area contributed by atoms with Gasteiger partial charge in [0.05, 0.1) is 13.2 Å².